The number of carbonyl (C=O) groups is 1. The molecule has 1 amide bonds. The maximum atomic E-state index is 12.1. The van der Waals surface area contributed by atoms with Gasteiger partial charge < -0.3 is 5.32 Å². The standard InChI is InChI=1S/C14H14N6O/c1-2-3-12-18-13(20-19-12)14(21)17-9-4-5-10-11(8-9)16-7-6-15-10/h4-8H,2-3H2,1H3,(H,17,21)(H,18,19,20). The van der Waals surface area contributed by atoms with Crippen molar-refractivity contribution in [1.29, 1.82) is 0 Å². The van der Waals surface area contributed by atoms with Crippen molar-refractivity contribution < 1.29 is 4.79 Å². The molecule has 7 nitrogen and oxygen atoms in total. The number of hydrogen-bond donors (Lipinski definition) is 2. The predicted octanol–water partition coefficient (Wildman–Crippen LogP) is 1.95. The first kappa shape index (κ1) is 13.2. The fourth-order valence-electron chi connectivity index (χ4n) is 1.97. The zero-order valence-electron chi connectivity index (χ0n) is 11.5. The lowest BCUT2D eigenvalue weighted by Gasteiger charge is -2.03. The van der Waals surface area contributed by atoms with Crippen molar-refractivity contribution in [2.24, 2.45) is 0 Å². The van der Waals surface area contributed by atoms with Crippen molar-refractivity contribution in [2.45, 2.75) is 19.8 Å². The minimum atomic E-state index is -0.350. The van der Waals surface area contributed by atoms with Crippen LogP contribution in [0, 0.1) is 0 Å². The van der Waals surface area contributed by atoms with Crippen molar-refractivity contribution in [3.8, 4) is 0 Å². The van der Waals surface area contributed by atoms with Crippen LogP contribution in [0.4, 0.5) is 5.69 Å². The quantitative estimate of drug-likeness (QED) is 0.762. The second-order valence-electron chi connectivity index (χ2n) is 4.57. The molecule has 7 heteroatoms. The Morgan fingerprint density at radius 2 is 2.05 bits per heavy atom. The van der Waals surface area contributed by atoms with Crippen LogP contribution in [0.5, 0.6) is 0 Å². The van der Waals surface area contributed by atoms with E-state index >= 15 is 0 Å². The minimum Gasteiger partial charge on any atom is -0.319 e. The van der Waals surface area contributed by atoms with Gasteiger partial charge in [-0.3, -0.25) is 19.9 Å². The summed E-state index contributed by atoms with van der Waals surface area (Å²) >= 11 is 0. The van der Waals surface area contributed by atoms with Crippen LogP contribution in [-0.4, -0.2) is 31.1 Å². The van der Waals surface area contributed by atoms with E-state index in [1.54, 1.807) is 30.6 Å². The highest BCUT2D eigenvalue weighted by Crippen LogP contribution is 2.15. The summed E-state index contributed by atoms with van der Waals surface area (Å²) in [4.78, 5) is 24.6. The average molecular weight is 282 g/mol. The number of nitrogens with zero attached hydrogens (tertiary/aromatic N) is 4. The molecule has 0 aliphatic rings. The highest BCUT2D eigenvalue weighted by molar-refractivity contribution is 6.02. The van der Waals surface area contributed by atoms with Crippen LogP contribution in [0.15, 0.2) is 30.6 Å². The van der Waals surface area contributed by atoms with E-state index in [9.17, 15) is 4.79 Å². The summed E-state index contributed by atoms with van der Waals surface area (Å²) in [6.07, 6.45) is 4.95. The molecule has 0 saturated carbocycles. The van der Waals surface area contributed by atoms with Gasteiger partial charge in [-0.05, 0) is 24.6 Å². The molecule has 0 bridgehead atoms. The summed E-state index contributed by atoms with van der Waals surface area (Å²) in [6, 6.07) is 5.34. The summed E-state index contributed by atoms with van der Waals surface area (Å²) in [7, 11) is 0. The Morgan fingerprint density at radius 1 is 1.24 bits per heavy atom. The summed E-state index contributed by atoms with van der Waals surface area (Å²) in [5.41, 5.74) is 2.13. The van der Waals surface area contributed by atoms with Gasteiger partial charge in [-0.25, -0.2) is 4.98 Å². The van der Waals surface area contributed by atoms with E-state index in [0.717, 1.165) is 23.9 Å². The molecule has 0 fully saturated rings. The Hall–Kier alpha value is -2.83. The maximum absolute atomic E-state index is 12.1. The number of nitrogens with one attached hydrogen (secondary N) is 2. The third kappa shape index (κ3) is 2.86. The van der Waals surface area contributed by atoms with Crippen molar-refractivity contribution in [3.05, 3.63) is 42.2 Å². The van der Waals surface area contributed by atoms with Crippen LogP contribution in [0.25, 0.3) is 11.0 Å². The van der Waals surface area contributed by atoms with Crippen molar-refractivity contribution in [2.75, 3.05) is 5.32 Å². The number of aromatic amines is 1. The molecule has 3 rings (SSSR count). The fourth-order valence-corrected chi connectivity index (χ4v) is 1.97. The zero-order chi connectivity index (χ0) is 14.7. The Kier molecular flexibility index (Phi) is 3.55. The molecule has 2 heterocycles. The molecule has 0 spiro atoms. The van der Waals surface area contributed by atoms with E-state index in [1.807, 2.05) is 6.92 Å². The highest BCUT2D eigenvalue weighted by atomic mass is 16.2. The van der Waals surface area contributed by atoms with Crippen LogP contribution in [0.1, 0.15) is 29.8 Å². The third-order valence-electron chi connectivity index (χ3n) is 2.95. The molecule has 0 aliphatic carbocycles. The SMILES string of the molecule is CCCc1nc(C(=O)Nc2ccc3nccnc3c2)n[nH]1. The number of aromatic nitrogens is 5. The van der Waals surface area contributed by atoms with Crippen molar-refractivity contribution >= 4 is 22.6 Å². The van der Waals surface area contributed by atoms with Gasteiger partial charge in [0.05, 0.1) is 11.0 Å². The molecule has 106 valence electrons. The normalized spacial score (nSPS) is 10.7. The van der Waals surface area contributed by atoms with Gasteiger partial charge in [0.1, 0.15) is 5.82 Å². The molecule has 0 aliphatic heterocycles. The van der Waals surface area contributed by atoms with E-state index < -0.39 is 0 Å². The summed E-state index contributed by atoms with van der Waals surface area (Å²) in [6.45, 7) is 2.04. The van der Waals surface area contributed by atoms with Gasteiger partial charge >= 0.3 is 0 Å². The molecule has 2 N–H and O–H groups in total. The molecule has 0 atom stereocenters. The molecular weight excluding hydrogens is 268 g/mol. The summed E-state index contributed by atoms with van der Waals surface area (Å²) < 4.78 is 0. The monoisotopic (exact) mass is 282 g/mol. The second kappa shape index (κ2) is 5.66. The van der Waals surface area contributed by atoms with Crippen molar-refractivity contribution in [3.63, 3.8) is 0 Å². The lowest BCUT2D eigenvalue weighted by atomic mass is 10.2. The second-order valence-corrected chi connectivity index (χ2v) is 4.57. The number of aryl methyl sites for hydroxylation is 1. The van der Waals surface area contributed by atoms with Crippen LogP contribution >= 0.6 is 0 Å². The molecule has 3 aromatic rings. The first-order valence-corrected chi connectivity index (χ1v) is 6.69. The Labute approximate surface area is 120 Å². The van der Waals surface area contributed by atoms with Crippen LogP contribution in [-0.2, 0) is 6.42 Å². The topological polar surface area (TPSA) is 96.5 Å². The van der Waals surface area contributed by atoms with Gasteiger partial charge in [-0.2, -0.15) is 0 Å². The molecule has 0 radical (unpaired) electrons. The Balaban J connectivity index is 1.78. The van der Waals surface area contributed by atoms with Gasteiger partial charge in [0.25, 0.3) is 5.91 Å². The van der Waals surface area contributed by atoms with E-state index in [2.05, 4.69) is 30.5 Å². The average Bonchev–Trinajstić information content (AvgIpc) is 2.96. The van der Waals surface area contributed by atoms with E-state index in [1.165, 1.54) is 0 Å². The largest absolute Gasteiger partial charge is 0.319 e. The molecule has 0 saturated heterocycles. The molecule has 21 heavy (non-hydrogen) atoms. The van der Waals surface area contributed by atoms with Gasteiger partial charge in [0, 0.05) is 24.5 Å². The van der Waals surface area contributed by atoms with Gasteiger partial charge in [-0.15, -0.1) is 5.10 Å². The van der Waals surface area contributed by atoms with Gasteiger partial charge in [0.2, 0.25) is 5.82 Å². The lowest BCUT2D eigenvalue weighted by Crippen LogP contribution is -2.13. The maximum Gasteiger partial charge on any atom is 0.295 e. The first-order chi connectivity index (χ1) is 10.3. The van der Waals surface area contributed by atoms with E-state index in [0.29, 0.717) is 11.5 Å². The minimum absolute atomic E-state index is 0.137. The van der Waals surface area contributed by atoms with E-state index in [-0.39, 0.29) is 11.7 Å². The Morgan fingerprint density at radius 3 is 2.86 bits per heavy atom. The van der Waals surface area contributed by atoms with Gasteiger partial charge in [-0.1, -0.05) is 6.92 Å². The first-order valence-electron chi connectivity index (χ1n) is 6.69. The van der Waals surface area contributed by atoms with Crippen LogP contribution < -0.4 is 5.32 Å². The number of fused-ring (bicyclic) bond motifs is 1. The number of anilines is 1. The number of rotatable bonds is 4. The molecule has 1 aromatic carbocycles. The zero-order valence-corrected chi connectivity index (χ0v) is 11.5. The number of hydrogen-bond acceptors (Lipinski definition) is 5. The third-order valence-corrected chi connectivity index (χ3v) is 2.95. The Bertz CT molecular complexity index is 782. The lowest BCUT2D eigenvalue weighted by molar-refractivity contribution is 0.101. The van der Waals surface area contributed by atoms with E-state index in [4.69, 9.17) is 0 Å². The number of benzene rings is 1. The molecule has 0 unspecified atom stereocenters. The smallest absolute Gasteiger partial charge is 0.295 e. The molecule has 2 aromatic heterocycles. The van der Waals surface area contributed by atoms with Crippen LogP contribution in [0.3, 0.4) is 0 Å². The molecular formula is C14H14N6O. The number of carbonyl (C=O) groups excluding carboxylic acids is 1. The van der Waals surface area contributed by atoms with Crippen molar-refractivity contribution in [1.82, 2.24) is 25.1 Å². The van der Waals surface area contributed by atoms with Gasteiger partial charge in [0.15, 0.2) is 0 Å². The summed E-state index contributed by atoms with van der Waals surface area (Å²) in [5, 5.41) is 9.43. The highest BCUT2D eigenvalue weighted by Gasteiger charge is 2.12. The number of H-pyrrole nitrogens is 1. The summed E-state index contributed by atoms with van der Waals surface area (Å²) in [5.74, 6) is 0.501. The van der Waals surface area contributed by atoms with Crippen LogP contribution in [0.2, 0.25) is 0 Å². The fraction of sp³-hybridized carbons (Fsp3) is 0.214. The number of amides is 1. The predicted molar refractivity (Wildman–Crippen MR) is 77.9 cm³/mol.